The third-order valence-corrected chi connectivity index (χ3v) is 5.74. The van der Waals surface area contributed by atoms with Crippen LogP contribution in [0.15, 0.2) is 24.3 Å². The number of aliphatic hydroxyl groups excluding tert-OH is 2. The predicted molar refractivity (Wildman–Crippen MR) is 109 cm³/mol. The molecule has 1 fully saturated rings. The first-order valence-electron chi connectivity index (χ1n) is 9.93. The molecule has 5 heteroatoms. The number of aliphatic hydroxyl groups is 2. The average Bonchev–Trinajstić information content (AvgIpc) is 2.89. The third-order valence-electron chi connectivity index (χ3n) is 5.15. The lowest BCUT2D eigenvalue weighted by molar-refractivity contribution is -0.140. The second-order valence-corrected chi connectivity index (χ2v) is 7.89. The van der Waals surface area contributed by atoms with E-state index in [9.17, 15) is 15.0 Å². The molecule has 1 aliphatic carbocycles. The van der Waals surface area contributed by atoms with E-state index in [1.165, 1.54) is 7.11 Å². The standard InChI is InChI=1S/C21H36O4S/c1-3-4-7-10-16(22)13-14-17-18(20(26)15-19(17)23)11-8-5-6-9-12-21(24)25-2/h5-6,13-14,16-20,22-23,26H,3-4,7-12,15H2,1-2H3/t16-,17+,18+,19+,20-/m0/s1. The number of unbranched alkanes of at least 4 members (excludes halogenated alkanes) is 2. The summed E-state index contributed by atoms with van der Waals surface area (Å²) in [6.45, 7) is 2.15. The number of hydrogen-bond donors (Lipinski definition) is 3. The zero-order valence-corrected chi connectivity index (χ0v) is 17.1. The van der Waals surface area contributed by atoms with Crippen LogP contribution >= 0.6 is 12.6 Å². The second-order valence-electron chi connectivity index (χ2n) is 7.22. The van der Waals surface area contributed by atoms with E-state index < -0.39 is 6.10 Å². The van der Waals surface area contributed by atoms with Gasteiger partial charge in [0.15, 0.2) is 0 Å². The van der Waals surface area contributed by atoms with Crippen LogP contribution in [0.2, 0.25) is 0 Å². The van der Waals surface area contributed by atoms with E-state index in [1.807, 2.05) is 18.2 Å². The fourth-order valence-corrected chi connectivity index (χ4v) is 4.12. The highest BCUT2D eigenvalue weighted by Gasteiger charge is 2.38. The summed E-state index contributed by atoms with van der Waals surface area (Å²) < 4.78 is 4.62. The molecule has 5 atom stereocenters. The molecule has 0 aromatic carbocycles. The molecule has 150 valence electrons. The molecule has 2 N–H and O–H groups in total. The highest BCUT2D eigenvalue weighted by atomic mass is 32.1. The maximum atomic E-state index is 11.1. The van der Waals surface area contributed by atoms with Gasteiger partial charge in [0, 0.05) is 17.6 Å². The quantitative estimate of drug-likeness (QED) is 0.205. The molecule has 1 rings (SSSR count). The Bertz CT molecular complexity index is 449. The third kappa shape index (κ3) is 8.74. The molecule has 0 bridgehead atoms. The van der Waals surface area contributed by atoms with Gasteiger partial charge < -0.3 is 14.9 Å². The molecule has 0 spiro atoms. The summed E-state index contributed by atoms with van der Waals surface area (Å²) in [7, 11) is 1.40. The van der Waals surface area contributed by atoms with Gasteiger partial charge in [0.05, 0.1) is 19.3 Å². The Hall–Kier alpha value is -0.780. The number of ether oxygens (including phenoxy) is 1. The Balaban J connectivity index is 2.43. The average molecular weight is 385 g/mol. The van der Waals surface area contributed by atoms with Crippen LogP contribution < -0.4 is 0 Å². The van der Waals surface area contributed by atoms with Crippen molar-refractivity contribution in [3.8, 4) is 0 Å². The Morgan fingerprint density at radius 1 is 1.31 bits per heavy atom. The summed E-state index contributed by atoms with van der Waals surface area (Å²) in [5, 5.41) is 20.6. The smallest absolute Gasteiger partial charge is 0.305 e. The number of carbonyl (C=O) groups excluding carboxylic acids is 1. The van der Waals surface area contributed by atoms with Gasteiger partial charge in [-0.15, -0.1) is 0 Å². The van der Waals surface area contributed by atoms with Crippen molar-refractivity contribution in [1.82, 2.24) is 0 Å². The van der Waals surface area contributed by atoms with Crippen molar-refractivity contribution in [2.24, 2.45) is 11.8 Å². The molecule has 1 aliphatic rings. The highest BCUT2D eigenvalue weighted by molar-refractivity contribution is 7.81. The zero-order valence-electron chi connectivity index (χ0n) is 16.2. The molecule has 1 saturated carbocycles. The molecule has 0 amide bonds. The van der Waals surface area contributed by atoms with Crippen molar-refractivity contribution in [2.75, 3.05) is 7.11 Å². The Labute approximate surface area is 164 Å². The molecule has 26 heavy (non-hydrogen) atoms. The van der Waals surface area contributed by atoms with Crippen LogP contribution in [-0.4, -0.2) is 40.8 Å². The molecule has 0 unspecified atom stereocenters. The SMILES string of the molecule is CCCCC[C@H](O)C=C[C@@H]1[C@@H](CCC=CCCC(=O)OC)[C@@H](S)C[C@H]1O. The summed E-state index contributed by atoms with van der Waals surface area (Å²) in [6, 6.07) is 0. The molecule has 0 radical (unpaired) electrons. The van der Waals surface area contributed by atoms with Gasteiger partial charge >= 0.3 is 5.97 Å². The lowest BCUT2D eigenvalue weighted by atomic mass is 9.89. The summed E-state index contributed by atoms with van der Waals surface area (Å²) in [5.74, 6) is 0.172. The molecular formula is C21H36O4S. The number of esters is 1. The highest BCUT2D eigenvalue weighted by Crippen LogP contribution is 2.39. The molecule has 0 aliphatic heterocycles. The van der Waals surface area contributed by atoms with E-state index in [4.69, 9.17) is 0 Å². The van der Waals surface area contributed by atoms with Gasteiger partial charge in [-0.2, -0.15) is 12.6 Å². The van der Waals surface area contributed by atoms with E-state index in [1.54, 1.807) is 0 Å². The predicted octanol–water partition coefficient (Wildman–Crippen LogP) is 4.07. The van der Waals surface area contributed by atoms with Crippen LogP contribution in [0.3, 0.4) is 0 Å². The van der Waals surface area contributed by atoms with Crippen molar-refractivity contribution in [1.29, 1.82) is 0 Å². The van der Waals surface area contributed by atoms with Crippen LogP contribution in [0.1, 0.15) is 64.7 Å². The monoisotopic (exact) mass is 384 g/mol. The molecular weight excluding hydrogens is 348 g/mol. The maximum Gasteiger partial charge on any atom is 0.305 e. The van der Waals surface area contributed by atoms with Gasteiger partial charge in [-0.25, -0.2) is 0 Å². The summed E-state index contributed by atoms with van der Waals surface area (Å²) >= 11 is 4.66. The van der Waals surface area contributed by atoms with Crippen LogP contribution in [-0.2, 0) is 9.53 Å². The molecule has 0 aromatic rings. The van der Waals surface area contributed by atoms with Crippen molar-refractivity contribution < 1.29 is 19.7 Å². The normalized spacial score (nSPS) is 27.4. The summed E-state index contributed by atoms with van der Waals surface area (Å²) in [5.41, 5.74) is 0. The van der Waals surface area contributed by atoms with E-state index >= 15 is 0 Å². The van der Waals surface area contributed by atoms with E-state index in [2.05, 4.69) is 30.4 Å². The Morgan fingerprint density at radius 3 is 2.73 bits per heavy atom. The van der Waals surface area contributed by atoms with Gasteiger partial charge in [-0.3, -0.25) is 4.79 Å². The Kier molecular flexibility index (Phi) is 12.0. The number of carbonyl (C=O) groups is 1. The minimum Gasteiger partial charge on any atom is -0.469 e. The van der Waals surface area contributed by atoms with Crippen molar-refractivity contribution in [2.45, 2.75) is 82.2 Å². The first-order chi connectivity index (χ1) is 12.5. The lowest BCUT2D eigenvalue weighted by Crippen LogP contribution is -2.19. The van der Waals surface area contributed by atoms with Crippen LogP contribution in [0.25, 0.3) is 0 Å². The van der Waals surface area contributed by atoms with E-state index in [0.29, 0.717) is 25.2 Å². The fourth-order valence-electron chi connectivity index (χ4n) is 3.56. The lowest BCUT2D eigenvalue weighted by Gasteiger charge is -2.21. The van der Waals surface area contributed by atoms with Crippen LogP contribution in [0.5, 0.6) is 0 Å². The maximum absolute atomic E-state index is 11.1. The van der Waals surface area contributed by atoms with Gasteiger partial charge in [0.25, 0.3) is 0 Å². The Morgan fingerprint density at radius 2 is 2.04 bits per heavy atom. The van der Waals surface area contributed by atoms with Gasteiger partial charge in [-0.1, -0.05) is 50.5 Å². The summed E-state index contributed by atoms with van der Waals surface area (Å²) in [4.78, 5) is 11.1. The first kappa shape index (κ1) is 23.3. The fraction of sp³-hybridized carbons (Fsp3) is 0.762. The molecule has 0 aromatic heterocycles. The van der Waals surface area contributed by atoms with Crippen molar-refractivity contribution in [3.05, 3.63) is 24.3 Å². The number of thiol groups is 1. The van der Waals surface area contributed by atoms with E-state index in [0.717, 1.165) is 38.5 Å². The number of rotatable bonds is 12. The number of hydrogen-bond acceptors (Lipinski definition) is 5. The topological polar surface area (TPSA) is 66.8 Å². The minimum absolute atomic E-state index is 0.0572. The minimum atomic E-state index is -0.424. The van der Waals surface area contributed by atoms with Crippen molar-refractivity contribution >= 4 is 18.6 Å². The van der Waals surface area contributed by atoms with Gasteiger partial charge in [-0.05, 0) is 38.0 Å². The van der Waals surface area contributed by atoms with Gasteiger partial charge in [0.2, 0.25) is 0 Å². The largest absolute Gasteiger partial charge is 0.469 e. The summed E-state index contributed by atoms with van der Waals surface area (Å²) in [6.07, 6.45) is 14.9. The van der Waals surface area contributed by atoms with Gasteiger partial charge in [0.1, 0.15) is 0 Å². The van der Waals surface area contributed by atoms with Crippen LogP contribution in [0, 0.1) is 11.8 Å². The number of methoxy groups -OCH3 is 1. The first-order valence-corrected chi connectivity index (χ1v) is 10.5. The molecule has 4 nitrogen and oxygen atoms in total. The second kappa shape index (κ2) is 13.4. The molecule has 0 heterocycles. The van der Waals surface area contributed by atoms with E-state index in [-0.39, 0.29) is 23.2 Å². The van der Waals surface area contributed by atoms with Crippen LogP contribution in [0.4, 0.5) is 0 Å². The van der Waals surface area contributed by atoms with Crippen molar-refractivity contribution in [3.63, 3.8) is 0 Å². The number of allylic oxidation sites excluding steroid dienone is 2. The molecule has 0 saturated heterocycles. The zero-order chi connectivity index (χ0) is 19.4.